The molecule has 104 valence electrons. The summed E-state index contributed by atoms with van der Waals surface area (Å²) in [7, 11) is 0. The number of hydrogen-bond acceptors (Lipinski definition) is 4. The summed E-state index contributed by atoms with van der Waals surface area (Å²) < 4.78 is 0. The summed E-state index contributed by atoms with van der Waals surface area (Å²) in [6, 6.07) is 10.2. The van der Waals surface area contributed by atoms with Gasteiger partial charge in [0.15, 0.2) is 0 Å². The second-order valence-corrected chi connectivity index (χ2v) is 5.97. The molecule has 0 saturated carbocycles. The molecule has 1 aromatic carbocycles. The van der Waals surface area contributed by atoms with Crippen LogP contribution in [-0.2, 0) is 13.1 Å². The van der Waals surface area contributed by atoms with Crippen LogP contribution >= 0.6 is 11.3 Å². The predicted molar refractivity (Wildman–Crippen MR) is 82.0 cm³/mol. The van der Waals surface area contributed by atoms with Gasteiger partial charge in [-0.1, -0.05) is 29.8 Å². The van der Waals surface area contributed by atoms with Gasteiger partial charge in [0.25, 0.3) is 5.91 Å². The standard InChI is InChI=1S/C15H17N3OS/c1-10-2-4-11(5-3-10)7-17-14(19)13-6-12-8-16-9-18-15(12)20-13/h2-6,16,18H,7-9H2,1H3,(H,17,19). The zero-order valence-corrected chi connectivity index (χ0v) is 12.1. The van der Waals surface area contributed by atoms with Crippen molar-refractivity contribution < 1.29 is 4.79 Å². The highest BCUT2D eigenvalue weighted by molar-refractivity contribution is 7.18. The first-order valence-corrected chi connectivity index (χ1v) is 7.45. The normalized spacial score (nSPS) is 13.4. The number of nitrogens with one attached hydrogen (secondary N) is 3. The van der Waals surface area contributed by atoms with E-state index in [-0.39, 0.29) is 5.91 Å². The lowest BCUT2D eigenvalue weighted by molar-refractivity contribution is 0.0955. The molecule has 1 aromatic heterocycles. The smallest absolute Gasteiger partial charge is 0.261 e. The minimum absolute atomic E-state index is 0.00762. The van der Waals surface area contributed by atoms with E-state index in [2.05, 4.69) is 35.0 Å². The van der Waals surface area contributed by atoms with E-state index in [0.717, 1.165) is 28.7 Å². The van der Waals surface area contributed by atoms with Crippen molar-refractivity contribution in [2.45, 2.75) is 20.0 Å². The van der Waals surface area contributed by atoms with Crippen molar-refractivity contribution in [3.63, 3.8) is 0 Å². The van der Waals surface area contributed by atoms with Gasteiger partial charge in [-0.2, -0.15) is 0 Å². The molecule has 2 aromatic rings. The second-order valence-electron chi connectivity index (χ2n) is 4.91. The lowest BCUT2D eigenvalue weighted by Gasteiger charge is -2.13. The van der Waals surface area contributed by atoms with Crippen LogP contribution in [0.5, 0.6) is 0 Å². The van der Waals surface area contributed by atoms with Crippen LogP contribution in [0, 0.1) is 6.92 Å². The minimum atomic E-state index is -0.00762. The Kier molecular flexibility index (Phi) is 3.71. The minimum Gasteiger partial charge on any atom is -0.364 e. The van der Waals surface area contributed by atoms with Crippen LogP contribution in [0.4, 0.5) is 5.00 Å². The number of fused-ring (bicyclic) bond motifs is 1. The molecular weight excluding hydrogens is 270 g/mol. The van der Waals surface area contributed by atoms with Crippen molar-refractivity contribution in [2.75, 3.05) is 12.0 Å². The van der Waals surface area contributed by atoms with Crippen LogP contribution in [0.25, 0.3) is 0 Å². The van der Waals surface area contributed by atoms with Gasteiger partial charge in [0.1, 0.15) is 0 Å². The Bertz CT molecular complexity index is 595. The summed E-state index contributed by atoms with van der Waals surface area (Å²) in [4.78, 5) is 12.9. The van der Waals surface area contributed by atoms with Gasteiger partial charge < -0.3 is 10.6 Å². The number of aryl methyl sites for hydroxylation is 1. The van der Waals surface area contributed by atoms with Crippen LogP contribution in [0.2, 0.25) is 0 Å². The lowest BCUT2D eigenvalue weighted by atomic mass is 10.1. The van der Waals surface area contributed by atoms with Gasteiger partial charge in [0.05, 0.1) is 16.5 Å². The molecule has 4 nitrogen and oxygen atoms in total. The molecule has 3 rings (SSSR count). The zero-order valence-electron chi connectivity index (χ0n) is 11.3. The molecule has 2 heterocycles. The Morgan fingerprint density at radius 2 is 2.15 bits per heavy atom. The molecule has 1 aliphatic heterocycles. The van der Waals surface area contributed by atoms with E-state index in [1.807, 2.05) is 18.2 Å². The third-order valence-electron chi connectivity index (χ3n) is 3.30. The van der Waals surface area contributed by atoms with Gasteiger partial charge in [0, 0.05) is 18.7 Å². The van der Waals surface area contributed by atoms with Crippen molar-refractivity contribution in [1.82, 2.24) is 10.6 Å². The van der Waals surface area contributed by atoms with E-state index in [1.165, 1.54) is 22.5 Å². The first-order chi connectivity index (χ1) is 9.72. The maximum absolute atomic E-state index is 12.2. The van der Waals surface area contributed by atoms with Crippen LogP contribution in [0.3, 0.4) is 0 Å². The van der Waals surface area contributed by atoms with Gasteiger partial charge in [-0.15, -0.1) is 11.3 Å². The van der Waals surface area contributed by atoms with E-state index >= 15 is 0 Å². The fourth-order valence-electron chi connectivity index (χ4n) is 2.14. The SMILES string of the molecule is Cc1ccc(CNC(=O)c2cc3c(s2)NCNC3)cc1. The first kappa shape index (κ1) is 13.1. The van der Waals surface area contributed by atoms with Crippen LogP contribution < -0.4 is 16.0 Å². The molecule has 0 unspecified atom stereocenters. The fourth-order valence-corrected chi connectivity index (χ4v) is 3.13. The van der Waals surface area contributed by atoms with Crippen LogP contribution in [-0.4, -0.2) is 12.6 Å². The number of carbonyl (C=O) groups is 1. The number of hydrogen-bond donors (Lipinski definition) is 3. The summed E-state index contributed by atoms with van der Waals surface area (Å²) in [5, 5.41) is 10.5. The molecule has 0 atom stereocenters. The Morgan fingerprint density at radius 1 is 1.35 bits per heavy atom. The van der Waals surface area contributed by atoms with Gasteiger partial charge >= 0.3 is 0 Å². The van der Waals surface area contributed by atoms with Crippen molar-refractivity contribution in [2.24, 2.45) is 0 Å². The Balaban J connectivity index is 1.64. The molecule has 1 aliphatic rings. The van der Waals surface area contributed by atoms with Crippen molar-refractivity contribution >= 4 is 22.2 Å². The average molecular weight is 287 g/mol. The summed E-state index contributed by atoms with van der Waals surface area (Å²) in [5.74, 6) is -0.00762. The largest absolute Gasteiger partial charge is 0.364 e. The topological polar surface area (TPSA) is 53.2 Å². The summed E-state index contributed by atoms with van der Waals surface area (Å²) >= 11 is 1.52. The number of amides is 1. The van der Waals surface area contributed by atoms with Gasteiger partial charge in [-0.3, -0.25) is 10.1 Å². The van der Waals surface area contributed by atoms with E-state index in [1.54, 1.807) is 0 Å². The van der Waals surface area contributed by atoms with Crippen LogP contribution in [0.15, 0.2) is 30.3 Å². The van der Waals surface area contributed by atoms with Gasteiger partial charge in [-0.05, 0) is 18.6 Å². The second kappa shape index (κ2) is 5.64. The highest BCUT2D eigenvalue weighted by Gasteiger charge is 2.16. The van der Waals surface area contributed by atoms with Crippen molar-refractivity contribution in [1.29, 1.82) is 0 Å². The van der Waals surface area contributed by atoms with Crippen LogP contribution in [0.1, 0.15) is 26.4 Å². The van der Waals surface area contributed by atoms with Crippen molar-refractivity contribution in [3.8, 4) is 0 Å². The molecular formula is C15H17N3OS. The predicted octanol–water partition coefficient (Wildman–Crippen LogP) is 2.46. The maximum atomic E-state index is 12.2. The highest BCUT2D eigenvalue weighted by Crippen LogP contribution is 2.29. The summed E-state index contributed by atoms with van der Waals surface area (Å²) in [6.45, 7) is 4.20. The molecule has 5 heteroatoms. The number of carbonyl (C=O) groups excluding carboxylic acids is 1. The third-order valence-corrected chi connectivity index (χ3v) is 4.43. The molecule has 3 N–H and O–H groups in total. The molecule has 0 saturated heterocycles. The van der Waals surface area contributed by atoms with Crippen molar-refractivity contribution in [3.05, 3.63) is 51.9 Å². The molecule has 0 bridgehead atoms. The van der Waals surface area contributed by atoms with E-state index in [4.69, 9.17) is 0 Å². The molecule has 0 fully saturated rings. The Labute approximate surface area is 122 Å². The third kappa shape index (κ3) is 2.84. The Hall–Kier alpha value is -1.85. The van der Waals surface area contributed by atoms with E-state index in [9.17, 15) is 4.79 Å². The van der Waals surface area contributed by atoms with Gasteiger partial charge in [-0.25, -0.2) is 0 Å². The number of anilines is 1. The molecule has 0 radical (unpaired) electrons. The average Bonchev–Trinajstić information content (AvgIpc) is 2.90. The lowest BCUT2D eigenvalue weighted by Crippen LogP contribution is -2.26. The summed E-state index contributed by atoms with van der Waals surface area (Å²) in [5.41, 5.74) is 3.51. The van der Waals surface area contributed by atoms with Gasteiger partial charge in [0.2, 0.25) is 0 Å². The Morgan fingerprint density at radius 3 is 2.90 bits per heavy atom. The highest BCUT2D eigenvalue weighted by atomic mass is 32.1. The monoisotopic (exact) mass is 287 g/mol. The fraction of sp³-hybridized carbons (Fsp3) is 0.267. The molecule has 20 heavy (non-hydrogen) atoms. The first-order valence-electron chi connectivity index (χ1n) is 6.63. The maximum Gasteiger partial charge on any atom is 0.261 e. The number of thiophene rings is 1. The number of rotatable bonds is 3. The molecule has 0 spiro atoms. The molecule has 1 amide bonds. The zero-order chi connectivity index (χ0) is 13.9. The van der Waals surface area contributed by atoms with E-state index in [0.29, 0.717) is 6.54 Å². The van der Waals surface area contributed by atoms with E-state index < -0.39 is 0 Å². The molecule has 0 aliphatic carbocycles. The quantitative estimate of drug-likeness (QED) is 0.813. The summed E-state index contributed by atoms with van der Waals surface area (Å²) in [6.07, 6.45) is 0. The number of benzene rings is 1.